The molecule has 2 aromatic rings. The first-order chi connectivity index (χ1) is 8.97. The first kappa shape index (κ1) is 13.2. The first-order valence-corrected chi connectivity index (χ1v) is 6.20. The van der Waals surface area contributed by atoms with Gasteiger partial charge in [0.1, 0.15) is 0 Å². The van der Waals surface area contributed by atoms with Crippen molar-refractivity contribution in [3.05, 3.63) is 18.3 Å². The van der Waals surface area contributed by atoms with E-state index in [9.17, 15) is 4.79 Å². The molecule has 0 aliphatic rings. The van der Waals surface area contributed by atoms with Gasteiger partial charge in [0.15, 0.2) is 0 Å². The van der Waals surface area contributed by atoms with Crippen LogP contribution in [0.2, 0.25) is 0 Å². The van der Waals surface area contributed by atoms with Gasteiger partial charge in [0.25, 0.3) is 0 Å². The van der Waals surface area contributed by atoms with E-state index in [-0.39, 0.29) is 18.5 Å². The molecule has 1 aromatic heterocycles. The summed E-state index contributed by atoms with van der Waals surface area (Å²) in [6.45, 7) is 4.13. The number of H-pyrrole nitrogens is 1. The molecule has 6 heteroatoms. The monoisotopic (exact) mass is 261 g/mol. The van der Waals surface area contributed by atoms with Crippen LogP contribution in [0.3, 0.4) is 0 Å². The van der Waals surface area contributed by atoms with Crippen molar-refractivity contribution in [3.63, 3.8) is 0 Å². The molecule has 0 saturated heterocycles. The third kappa shape index (κ3) is 2.96. The van der Waals surface area contributed by atoms with Crippen molar-refractivity contribution in [2.45, 2.75) is 19.9 Å². The van der Waals surface area contributed by atoms with E-state index in [1.165, 1.54) is 0 Å². The average Bonchev–Trinajstić information content (AvgIpc) is 2.73. The first-order valence-electron chi connectivity index (χ1n) is 6.20. The Morgan fingerprint density at radius 1 is 1.53 bits per heavy atom. The molecule has 2 rings (SSSR count). The van der Waals surface area contributed by atoms with E-state index in [2.05, 4.69) is 15.5 Å². The number of hydrogen-bond acceptors (Lipinski definition) is 4. The zero-order chi connectivity index (χ0) is 14.0. The highest BCUT2D eigenvalue weighted by Gasteiger charge is 2.12. The molecule has 0 fully saturated rings. The molecule has 6 nitrogen and oxygen atoms in total. The van der Waals surface area contributed by atoms with Gasteiger partial charge in [-0.05, 0) is 26.0 Å². The molecule has 0 radical (unpaired) electrons. The van der Waals surface area contributed by atoms with Gasteiger partial charge in [0, 0.05) is 18.5 Å². The van der Waals surface area contributed by atoms with Gasteiger partial charge in [0.2, 0.25) is 5.91 Å². The number of nitrogen functional groups attached to an aromatic ring is 1. The fourth-order valence-electron chi connectivity index (χ4n) is 2.00. The fourth-order valence-corrected chi connectivity index (χ4v) is 2.00. The lowest BCUT2D eigenvalue weighted by atomic mass is 10.2. The number of carbonyl (C=O) groups excluding carboxylic acids is 1. The number of benzene rings is 1. The Labute approximate surface area is 112 Å². The maximum absolute atomic E-state index is 11.7. The van der Waals surface area contributed by atoms with Crippen LogP contribution in [0.15, 0.2) is 18.3 Å². The molecule has 0 unspecified atom stereocenters. The van der Waals surface area contributed by atoms with Crippen LogP contribution in [0.1, 0.15) is 13.8 Å². The lowest BCUT2D eigenvalue weighted by Gasteiger charge is -2.21. The van der Waals surface area contributed by atoms with E-state index < -0.39 is 0 Å². The highest BCUT2D eigenvalue weighted by atomic mass is 16.2. The summed E-state index contributed by atoms with van der Waals surface area (Å²) in [5.74, 6) is -0.0263. The maximum Gasteiger partial charge on any atom is 0.239 e. The Bertz CT molecular complexity index is 590. The summed E-state index contributed by atoms with van der Waals surface area (Å²) < 4.78 is 0. The van der Waals surface area contributed by atoms with Crippen LogP contribution in [0, 0.1) is 0 Å². The zero-order valence-electron chi connectivity index (χ0n) is 11.4. The Kier molecular flexibility index (Phi) is 3.59. The van der Waals surface area contributed by atoms with Crippen LogP contribution in [-0.4, -0.2) is 35.7 Å². The Hall–Kier alpha value is -2.24. The minimum Gasteiger partial charge on any atom is -0.397 e. The van der Waals surface area contributed by atoms with Gasteiger partial charge in [-0.25, -0.2) is 0 Å². The smallest absolute Gasteiger partial charge is 0.239 e. The zero-order valence-corrected chi connectivity index (χ0v) is 11.4. The number of rotatable bonds is 4. The number of nitrogens with one attached hydrogen (secondary N) is 2. The van der Waals surface area contributed by atoms with Crippen LogP contribution < -0.4 is 16.0 Å². The predicted molar refractivity (Wildman–Crippen MR) is 77.1 cm³/mol. The summed E-state index contributed by atoms with van der Waals surface area (Å²) in [6.07, 6.45) is 1.72. The van der Waals surface area contributed by atoms with Crippen LogP contribution >= 0.6 is 0 Å². The van der Waals surface area contributed by atoms with Crippen LogP contribution in [-0.2, 0) is 4.79 Å². The summed E-state index contributed by atoms with van der Waals surface area (Å²) >= 11 is 0. The van der Waals surface area contributed by atoms with Crippen molar-refractivity contribution >= 4 is 28.2 Å². The van der Waals surface area contributed by atoms with E-state index in [4.69, 9.17) is 5.73 Å². The van der Waals surface area contributed by atoms with Crippen LogP contribution in [0.4, 0.5) is 11.4 Å². The van der Waals surface area contributed by atoms with Crippen molar-refractivity contribution in [1.29, 1.82) is 0 Å². The highest BCUT2D eigenvalue weighted by molar-refractivity contribution is 5.90. The topological polar surface area (TPSA) is 87.0 Å². The summed E-state index contributed by atoms with van der Waals surface area (Å²) in [6, 6.07) is 3.89. The van der Waals surface area contributed by atoms with Gasteiger partial charge >= 0.3 is 0 Å². The van der Waals surface area contributed by atoms with Crippen LogP contribution in [0.5, 0.6) is 0 Å². The molecule has 0 bridgehead atoms. The molecule has 102 valence electrons. The van der Waals surface area contributed by atoms with E-state index in [1.807, 2.05) is 37.9 Å². The number of carbonyl (C=O) groups is 1. The number of fused-ring (bicyclic) bond motifs is 1. The largest absolute Gasteiger partial charge is 0.397 e. The summed E-state index contributed by atoms with van der Waals surface area (Å²) in [5, 5.41) is 10.7. The number of hydrogen-bond donors (Lipinski definition) is 3. The SMILES string of the molecule is CC(C)NC(=O)CN(C)c1cc2[nH]ncc2cc1N. The normalized spacial score (nSPS) is 10.9. The number of aromatic amines is 1. The highest BCUT2D eigenvalue weighted by Crippen LogP contribution is 2.27. The van der Waals surface area contributed by atoms with Gasteiger partial charge < -0.3 is 16.0 Å². The molecule has 0 atom stereocenters. The Morgan fingerprint density at radius 3 is 2.95 bits per heavy atom. The average molecular weight is 261 g/mol. The lowest BCUT2D eigenvalue weighted by molar-refractivity contribution is -0.120. The standard InChI is InChI=1S/C13H19N5O/c1-8(2)16-13(19)7-18(3)12-5-11-9(4-10(12)14)6-15-17-11/h4-6,8H,7,14H2,1-3H3,(H,15,17)(H,16,19). The van der Waals surface area contributed by atoms with E-state index in [0.29, 0.717) is 5.69 Å². The molecule has 0 spiro atoms. The molecular formula is C13H19N5O. The molecular weight excluding hydrogens is 242 g/mol. The second kappa shape index (κ2) is 5.17. The predicted octanol–water partition coefficient (Wildman–Crippen LogP) is 1.11. The van der Waals surface area contributed by atoms with Crippen molar-refractivity contribution in [3.8, 4) is 0 Å². The van der Waals surface area contributed by atoms with Crippen LogP contribution in [0.25, 0.3) is 10.9 Å². The number of nitrogens with two attached hydrogens (primary N) is 1. The molecule has 0 aliphatic heterocycles. The molecule has 19 heavy (non-hydrogen) atoms. The van der Waals surface area contributed by atoms with E-state index in [0.717, 1.165) is 16.6 Å². The summed E-state index contributed by atoms with van der Waals surface area (Å²) in [5.41, 5.74) is 8.36. The third-order valence-corrected chi connectivity index (χ3v) is 2.83. The molecule has 1 aromatic carbocycles. The molecule has 1 heterocycles. The third-order valence-electron chi connectivity index (χ3n) is 2.83. The minimum atomic E-state index is -0.0263. The molecule has 0 saturated carbocycles. The Balaban J connectivity index is 2.18. The van der Waals surface area contributed by atoms with Gasteiger partial charge in [-0.2, -0.15) is 5.10 Å². The lowest BCUT2D eigenvalue weighted by Crippen LogP contribution is -2.38. The maximum atomic E-state index is 11.7. The van der Waals surface area contributed by atoms with Crippen molar-refractivity contribution in [1.82, 2.24) is 15.5 Å². The van der Waals surface area contributed by atoms with Gasteiger partial charge in [-0.15, -0.1) is 0 Å². The number of anilines is 2. The second-order valence-electron chi connectivity index (χ2n) is 4.95. The van der Waals surface area contributed by atoms with E-state index in [1.54, 1.807) is 6.20 Å². The van der Waals surface area contributed by atoms with Crippen molar-refractivity contribution < 1.29 is 4.79 Å². The van der Waals surface area contributed by atoms with Gasteiger partial charge in [-0.3, -0.25) is 9.89 Å². The second-order valence-corrected chi connectivity index (χ2v) is 4.95. The fraction of sp³-hybridized carbons (Fsp3) is 0.385. The molecule has 4 N–H and O–H groups in total. The summed E-state index contributed by atoms with van der Waals surface area (Å²) in [7, 11) is 1.84. The molecule has 1 amide bonds. The number of aromatic nitrogens is 2. The van der Waals surface area contributed by atoms with E-state index >= 15 is 0 Å². The molecule has 0 aliphatic carbocycles. The Morgan fingerprint density at radius 2 is 2.26 bits per heavy atom. The minimum absolute atomic E-state index is 0.0263. The van der Waals surface area contributed by atoms with Gasteiger partial charge in [-0.1, -0.05) is 0 Å². The van der Waals surface area contributed by atoms with Gasteiger partial charge in [0.05, 0.1) is 29.6 Å². The summed E-state index contributed by atoms with van der Waals surface area (Å²) in [4.78, 5) is 13.6. The van der Waals surface area contributed by atoms with Crippen molar-refractivity contribution in [2.75, 3.05) is 24.2 Å². The van der Waals surface area contributed by atoms with Crippen molar-refractivity contribution in [2.24, 2.45) is 0 Å². The number of amides is 1. The number of nitrogens with zero attached hydrogens (tertiary/aromatic N) is 2. The number of likely N-dealkylation sites (N-methyl/N-ethyl adjacent to an activating group) is 1. The quantitative estimate of drug-likeness (QED) is 0.719.